The molecule has 0 aromatic heterocycles. The summed E-state index contributed by atoms with van der Waals surface area (Å²) in [6, 6.07) is 13.1. The van der Waals surface area contributed by atoms with Gasteiger partial charge in [-0.3, -0.25) is 4.79 Å². The van der Waals surface area contributed by atoms with Crippen LogP contribution in [0, 0.1) is 0 Å². The molecule has 1 heterocycles. The van der Waals surface area contributed by atoms with E-state index in [4.69, 9.17) is 4.74 Å². The summed E-state index contributed by atoms with van der Waals surface area (Å²) in [6.45, 7) is 2.29. The van der Waals surface area contributed by atoms with Crippen molar-refractivity contribution < 1.29 is 22.7 Å². The first-order valence-electron chi connectivity index (χ1n) is 9.46. The third-order valence-electron chi connectivity index (χ3n) is 4.74. The van der Waals surface area contributed by atoms with Gasteiger partial charge in [-0.1, -0.05) is 19.1 Å². The van der Waals surface area contributed by atoms with E-state index in [1.54, 1.807) is 16.7 Å². The number of thioether (sulfide) groups is 1. The highest BCUT2D eigenvalue weighted by Crippen LogP contribution is 2.37. The number of carbonyl (C=O) groups is 2. The Bertz CT molecular complexity index is 1040. The zero-order valence-electron chi connectivity index (χ0n) is 17.1. The lowest BCUT2D eigenvalue weighted by atomic mass is 10.2. The number of anilines is 1. The van der Waals surface area contributed by atoms with Crippen molar-refractivity contribution in [2.75, 3.05) is 32.1 Å². The van der Waals surface area contributed by atoms with Crippen LogP contribution in [0.3, 0.4) is 0 Å². The quantitative estimate of drug-likeness (QED) is 0.654. The average Bonchev–Trinajstić information content (AvgIpc) is 2.90. The zero-order valence-corrected chi connectivity index (χ0v) is 18.7. The van der Waals surface area contributed by atoms with E-state index in [0.717, 1.165) is 21.3 Å². The highest BCUT2D eigenvalue weighted by atomic mass is 32.2. The Morgan fingerprint density at radius 1 is 1.13 bits per heavy atom. The smallest absolute Gasteiger partial charge is 0.338 e. The fraction of sp³-hybridized carbons (Fsp3) is 0.333. The lowest BCUT2D eigenvalue weighted by molar-refractivity contribution is -0.121. The number of esters is 1. The van der Waals surface area contributed by atoms with Gasteiger partial charge in [0.2, 0.25) is 10.0 Å². The molecule has 1 aliphatic heterocycles. The van der Waals surface area contributed by atoms with Crippen LogP contribution in [-0.4, -0.2) is 57.1 Å². The van der Waals surface area contributed by atoms with Gasteiger partial charge in [0.05, 0.1) is 16.1 Å². The minimum absolute atomic E-state index is 0.0768. The second-order valence-corrected chi connectivity index (χ2v) is 10.8. The molecule has 1 amide bonds. The fourth-order valence-electron chi connectivity index (χ4n) is 3.01. The molecule has 0 unspecified atom stereocenters. The Kier molecular flexibility index (Phi) is 6.84. The zero-order chi connectivity index (χ0) is 21.9. The fourth-order valence-corrected chi connectivity index (χ4v) is 5.02. The third-order valence-corrected chi connectivity index (χ3v) is 7.81. The van der Waals surface area contributed by atoms with Gasteiger partial charge in [0.25, 0.3) is 5.91 Å². The summed E-state index contributed by atoms with van der Waals surface area (Å²) in [5, 5.41) is 0.378. The molecule has 3 rings (SSSR count). The molecule has 0 radical (unpaired) electrons. The van der Waals surface area contributed by atoms with Crippen molar-refractivity contribution >= 4 is 39.3 Å². The van der Waals surface area contributed by atoms with Crippen molar-refractivity contribution in [3.8, 4) is 0 Å². The van der Waals surface area contributed by atoms with Gasteiger partial charge in [0.15, 0.2) is 6.61 Å². The topological polar surface area (TPSA) is 84.0 Å². The average molecular weight is 449 g/mol. The van der Waals surface area contributed by atoms with Crippen LogP contribution in [0.4, 0.5) is 5.69 Å². The van der Waals surface area contributed by atoms with Crippen LogP contribution < -0.4 is 4.90 Å². The van der Waals surface area contributed by atoms with E-state index in [0.29, 0.717) is 11.8 Å². The first-order valence-corrected chi connectivity index (χ1v) is 11.8. The minimum atomic E-state index is -3.58. The molecule has 1 atom stereocenters. The number of fused-ring (bicyclic) bond motifs is 1. The monoisotopic (exact) mass is 448 g/mol. The number of benzene rings is 2. The number of ether oxygens (including phenoxy) is 1. The number of hydrogen-bond donors (Lipinski definition) is 0. The molecule has 0 spiro atoms. The molecule has 0 saturated carbocycles. The minimum Gasteiger partial charge on any atom is -0.452 e. The summed E-state index contributed by atoms with van der Waals surface area (Å²) in [4.78, 5) is 27.9. The lowest BCUT2D eigenvalue weighted by Crippen LogP contribution is -2.35. The molecule has 2 aromatic rings. The molecule has 0 N–H and O–H groups in total. The summed E-state index contributed by atoms with van der Waals surface area (Å²) in [6.07, 6.45) is 0.834. The van der Waals surface area contributed by atoms with Crippen molar-refractivity contribution in [3.63, 3.8) is 0 Å². The number of sulfonamides is 1. The third kappa shape index (κ3) is 4.85. The molecule has 0 fully saturated rings. The maximum atomic E-state index is 12.8. The van der Waals surface area contributed by atoms with E-state index in [2.05, 4.69) is 6.92 Å². The molecule has 7 nitrogen and oxygen atoms in total. The van der Waals surface area contributed by atoms with E-state index in [-0.39, 0.29) is 23.0 Å². The Balaban J connectivity index is 1.67. The van der Waals surface area contributed by atoms with E-state index >= 15 is 0 Å². The summed E-state index contributed by atoms with van der Waals surface area (Å²) in [7, 11) is -0.710. The van der Waals surface area contributed by atoms with Gasteiger partial charge < -0.3 is 9.64 Å². The van der Waals surface area contributed by atoms with Gasteiger partial charge in [-0.15, -0.1) is 11.8 Å². The summed E-state index contributed by atoms with van der Waals surface area (Å²) < 4.78 is 30.5. The van der Waals surface area contributed by atoms with E-state index in [1.165, 1.54) is 38.4 Å². The molecule has 0 bridgehead atoms. The van der Waals surface area contributed by atoms with Gasteiger partial charge in [0.1, 0.15) is 0 Å². The molecular formula is C21H24N2O5S2. The van der Waals surface area contributed by atoms with Crippen molar-refractivity contribution in [2.24, 2.45) is 0 Å². The van der Waals surface area contributed by atoms with Gasteiger partial charge in [0, 0.05) is 30.8 Å². The number of amides is 1. The van der Waals surface area contributed by atoms with E-state index in [9.17, 15) is 18.0 Å². The maximum absolute atomic E-state index is 12.8. The Morgan fingerprint density at radius 2 is 1.80 bits per heavy atom. The van der Waals surface area contributed by atoms with Crippen LogP contribution in [0.5, 0.6) is 0 Å². The van der Waals surface area contributed by atoms with Crippen LogP contribution in [0.1, 0.15) is 23.7 Å². The highest BCUT2D eigenvalue weighted by molar-refractivity contribution is 8.00. The predicted octanol–water partition coefficient (Wildman–Crippen LogP) is 3.01. The molecule has 9 heteroatoms. The Labute approximate surface area is 181 Å². The van der Waals surface area contributed by atoms with Crippen molar-refractivity contribution in [3.05, 3.63) is 54.1 Å². The highest BCUT2D eigenvalue weighted by Gasteiger charge is 2.25. The van der Waals surface area contributed by atoms with Gasteiger partial charge in [-0.2, -0.15) is 0 Å². The summed E-state index contributed by atoms with van der Waals surface area (Å²) in [5.41, 5.74) is 1.01. The molecular weight excluding hydrogens is 424 g/mol. The largest absolute Gasteiger partial charge is 0.452 e. The molecule has 0 saturated heterocycles. The van der Waals surface area contributed by atoms with Crippen LogP contribution in [0.2, 0.25) is 0 Å². The number of nitrogens with zero attached hydrogens (tertiary/aromatic N) is 2. The second-order valence-electron chi connectivity index (χ2n) is 7.12. The molecule has 30 heavy (non-hydrogen) atoms. The molecule has 0 aliphatic carbocycles. The second kappa shape index (κ2) is 9.20. The van der Waals surface area contributed by atoms with E-state index < -0.39 is 16.0 Å². The van der Waals surface area contributed by atoms with Gasteiger partial charge in [-0.05, 0) is 42.8 Å². The first-order chi connectivity index (χ1) is 14.2. The number of hydrogen-bond acceptors (Lipinski definition) is 6. The SMILES string of the molecule is C[C@@H]1CCN(C(=O)COC(=O)c2ccc(S(=O)(=O)N(C)C)cc2)c2ccccc2S1. The Hall–Kier alpha value is -2.36. The summed E-state index contributed by atoms with van der Waals surface area (Å²) >= 11 is 1.73. The van der Waals surface area contributed by atoms with Crippen molar-refractivity contribution in [2.45, 2.75) is 28.4 Å². The normalized spacial score (nSPS) is 16.7. The maximum Gasteiger partial charge on any atom is 0.338 e. The first kappa shape index (κ1) is 22.3. The molecule has 2 aromatic carbocycles. The van der Waals surface area contributed by atoms with Gasteiger partial charge >= 0.3 is 5.97 Å². The van der Waals surface area contributed by atoms with Crippen LogP contribution in [0.15, 0.2) is 58.3 Å². The van der Waals surface area contributed by atoms with Gasteiger partial charge in [-0.25, -0.2) is 17.5 Å². The van der Waals surface area contributed by atoms with Crippen LogP contribution in [0.25, 0.3) is 0 Å². The van der Waals surface area contributed by atoms with E-state index in [1.807, 2.05) is 24.3 Å². The van der Waals surface area contributed by atoms with Crippen LogP contribution in [-0.2, 0) is 19.6 Å². The number of rotatable bonds is 5. The molecule has 1 aliphatic rings. The number of carbonyl (C=O) groups excluding carboxylic acids is 2. The van der Waals surface area contributed by atoms with Crippen molar-refractivity contribution in [1.29, 1.82) is 0 Å². The predicted molar refractivity (Wildman–Crippen MR) is 116 cm³/mol. The molecule has 160 valence electrons. The lowest BCUT2D eigenvalue weighted by Gasteiger charge is -2.22. The number of para-hydroxylation sites is 1. The van der Waals surface area contributed by atoms with Crippen molar-refractivity contribution in [1.82, 2.24) is 4.31 Å². The standard InChI is InChI=1S/C21H24N2O5S2/c1-15-12-13-23(18-6-4-5-7-19(18)29-15)20(24)14-28-21(25)16-8-10-17(11-9-16)30(26,27)22(2)3/h4-11,15H,12-14H2,1-3H3/t15-/m1/s1. The van der Waals surface area contributed by atoms with Crippen LogP contribution >= 0.6 is 11.8 Å². The summed E-state index contributed by atoms with van der Waals surface area (Å²) in [5.74, 6) is -0.972. The Morgan fingerprint density at radius 3 is 2.47 bits per heavy atom.